The molecule has 0 spiro atoms. The predicted octanol–water partition coefficient (Wildman–Crippen LogP) is 3.63. The topological polar surface area (TPSA) is 37.8 Å². The minimum absolute atomic E-state index is 0.277. The van der Waals surface area contributed by atoms with Crippen LogP contribution in [0.5, 0.6) is 0 Å². The average Bonchev–Trinajstić information content (AvgIpc) is 2.42. The Kier molecular flexibility index (Phi) is 3.43. The highest BCUT2D eigenvalue weighted by Crippen LogP contribution is 2.43. The third-order valence-electron chi connectivity index (χ3n) is 4.37. The molecule has 3 heteroatoms. The maximum absolute atomic E-state index is 4.55. The molecule has 3 rings (SSSR count). The molecule has 104 valence electrons. The van der Waals surface area contributed by atoms with Crippen molar-refractivity contribution < 1.29 is 0 Å². The molecular formula is C17H21N3. The molecule has 1 heterocycles. The van der Waals surface area contributed by atoms with Crippen LogP contribution in [-0.4, -0.2) is 16.5 Å². The lowest BCUT2D eigenvalue weighted by atomic mass is 9.64. The molecule has 1 aromatic carbocycles. The summed E-state index contributed by atoms with van der Waals surface area (Å²) in [5.74, 6) is 0.923. The summed E-state index contributed by atoms with van der Waals surface area (Å²) in [6.45, 7) is 4.93. The van der Waals surface area contributed by atoms with Gasteiger partial charge < -0.3 is 5.32 Å². The van der Waals surface area contributed by atoms with E-state index in [1.807, 2.05) is 20.0 Å². The van der Waals surface area contributed by atoms with Gasteiger partial charge in [-0.1, -0.05) is 36.8 Å². The van der Waals surface area contributed by atoms with Gasteiger partial charge in [0.05, 0.1) is 11.4 Å². The zero-order valence-electron chi connectivity index (χ0n) is 12.2. The highest BCUT2D eigenvalue weighted by atomic mass is 15.0. The molecule has 0 atom stereocenters. The van der Waals surface area contributed by atoms with Crippen molar-refractivity contribution in [2.45, 2.75) is 38.5 Å². The second-order valence-corrected chi connectivity index (χ2v) is 5.80. The number of aromatic nitrogens is 2. The molecule has 1 saturated carbocycles. The minimum Gasteiger partial charge on any atom is -0.368 e. The Balaban J connectivity index is 1.78. The maximum Gasteiger partial charge on any atom is 0.147 e. The molecule has 1 fully saturated rings. The molecule has 0 saturated heterocycles. The first-order valence-corrected chi connectivity index (χ1v) is 7.29. The van der Waals surface area contributed by atoms with E-state index in [4.69, 9.17) is 0 Å². The molecule has 1 aromatic heterocycles. The van der Waals surface area contributed by atoms with Crippen molar-refractivity contribution in [3.05, 3.63) is 53.5 Å². The van der Waals surface area contributed by atoms with Crippen molar-refractivity contribution in [1.29, 1.82) is 0 Å². The van der Waals surface area contributed by atoms with Crippen molar-refractivity contribution in [3.63, 3.8) is 0 Å². The molecule has 1 aliphatic rings. The summed E-state index contributed by atoms with van der Waals surface area (Å²) >= 11 is 0. The normalized spacial score (nSPS) is 16.5. The van der Waals surface area contributed by atoms with Crippen molar-refractivity contribution in [3.8, 4) is 0 Å². The maximum atomic E-state index is 4.55. The van der Waals surface area contributed by atoms with Crippen molar-refractivity contribution in [2.24, 2.45) is 0 Å². The first-order chi connectivity index (χ1) is 9.70. The first-order valence-electron chi connectivity index (χ1n) is 7.29. The molecule has 1 N–H and O–H groups in total. The minimum atomic E-state index is 0.277. The van der Waals surface area contributed by atoms with Crippen LogP contribution in [0.1, 0.15) is 36.2 Å². The molecule has 0 amide bonds. The molecule has 0 aliphatic heterocycles. The molecule has 20 heavy (non-hydrogen) atoms. The van der Waals surface area contributed by atoms with Crippen LogP contribution in [0.4, 0.5) is 5.82 Å². The Morgan fingerprint density at radius 1 is 1.15 bits per heavy atom. The summed E-state index contributed by atoms with van der Waals surface area (Å²) < 4.78 is 0. The molecular weight excluding hydrogens is 246 g/mol. The van der Waals surface area contributed by atoms with E-state index in [0.717, 1.165) is 23.8 Å². The van der Waals surface area contributed by atoms with E-state index in [1.165, 1.54) is 24.8 Å². The zero-order chi connectivity index (χ0) is 14.0. The Hall–Kier alpha value is -1.90. The predicted molar refractivity (Wildman–Crippen MR) is 82.0 cm³/mol. The molecule has 3 nitrogen and oxygen atoms in total. The van der Waals surface area contributed by atoms with Gasteiger partial charge in [-0.2, -0.15) is 0 Å². The van der Waals surface area contributed by atoms with Crippen molar-refractivity contribution in [2.75, 3.05) is 11.9 Å². The second-order valence-electron chi connectivity index (χ2n) is 5.80. The van der Waals surface area contributed by atoms with Gasteiger partial charge in [0.2, 0.25) is 0 Å². The second kappa shape index (κ2) is 5.23. The largest absolute Gasteiger partial charge is 0.368 e. The van der Waals surface area contributed by atoms with E-state index >= 15 is 0 Å². The first kappa shape index (κ1) is 13.1. The van der Waals surface area contributed by atoms with Crippen LogP contribution in [0.3, 0.4) is 0 Å². The van der Waals surface area contributed by atoms with Crippen LogP contribution >= 0.6 is 0 Å². The number of nitrogens with zero attached hydrogens (tertiary/aromatic N) is 2. The highest BCUT2D eigenvalue weighted by molar-refractivity contribution is 5.42. The number of hydrogen-bond acceptors (Lipinski definition) is 3. The number of hydrogen-bond donors (Lipinski definition) is 1. The monoisotopic (exact) mass is 267 g/mol. The summed E-state index contributed by atoms with van der Waals surface area (Å²) in [6.07, 6.45) is 5.64. The van der Waals surface area contributed by atoms with Crippen LogP contribution in [0.2, 0.25) is 0 Å². The van der Waals surface area contributed by atoms with E-state index in [1.54, 1.807) is 0 Å². The highest BCUT2D eigenvalue weighted by Gasteiger charge is 2.38. The van der Waals surface area contributed by atoms with Crippen LogP contribution in [0.15, 0.2) is 36.5 Å². The Labute approximate surface area is 120 Å². The lowest BCUT2D eigenvalue weighted by Crippen LogP contribution is -2.41. The number of nitrogens with one attached hydrogen (secondary N) is 1. The van der Waals surface area contributed by atoms with Gasteiger partial charge in [0.15, 0.2) is 0 Å². The number of anilines is 1. The van der Waals surface area contributed by atoms with E-state index in [-0.39, 0.29) is 5.41 Å². The van der Waals surface area contributed by atoms with Crippen molar-refractivity contribution in [1.82, 2.24) is 9.97 Å². The van der Waals surface area contributed by atoms with Crippen LogP contribution in [0, 0.1) is 13.8 Å². The van der Waals surface area contributed by atoms with Crippen LogP contribution in [0.25, 0.3) is 0 Å². The van der Waals surface area contributed by atoms with Gasteiger partial charge in [-0.3, -0.25) is 4.98 Å². The van der Waals surface area contributed by atoms with Gasteiger partial charge in [-0.15, -0.1) is 0 Å². The molecule has 2 aromatic rings. The quantitative estimate of drug-likeness (QED) is 0.919. The van der Waals surface area contributed by atoms with Gasteiger partial charge in [0, 0.05) is 18.2 Å². The van der Waals surface area contributed by atoms with Gasteiger partial charge in [0.1, 0.15) is 5.82 Å². The van der Waals surface area contributed by atoms with Crippen LogP contribution in [-0.2, 0) is 5.41 Å². The van der Waals surface area contributed by atoms with Gasteiger partial charge in [0.25, 0.3) is 0 Å². The smallest absolute Gasteiger partial charge is 0.147 e. The summed E-state index contributed by atoms with van der Waals surface area (Å²) in [4.78, 5) is 8.93. The summed E-state index contributed by atoms with van der Waals surface area (Å²) in [5.41, 5.74) is 3.65. The summed E-state index contributed by atoms with van der Waals surface area (Å²) in [5, 5.41) is 3.52. The van der Waals surface area contributed by atoms with Gasteiger partial charge >= 0.3 is 0 Å². The molecule has 0 bridgehead atoms. The SMILES string of the molecule is Cc1cnc(C)c(NCC2(c3ccccc3)CCC2)n1. The van der Waals surface area contributed by atoms with E-state index in [2.05, 4.69) is 45.6 Å². The molecule has 0 unspecified atom stereocenters. The lowest BCUT2D eigenvalue weighted by Gasteiger charge is -2.42. The third-order valence-corrected chi connectivity index (χ3v) is 4.37. The van der Waals surface area contributed by atoms with Gasteiger partial charge in [-0.05, 0) is 32.3 Å². The van der Waals surface area contributed by atoms with E-state index < -0.39 is 0 Å². The summed E-state index contributed by atoms with van der Waals surface area (Å²) in [6, 6.07) is 10.8. The Bertz CT molecular complexity index is 588. The zero-order valence-corrected chi connectivity index (χ0v) is 12.2. The van der Waals surface area contributed by atoms with E-state index in [0.29, 0.717) is 0 Å². The average molecular weight is 267 g/mol. The molecule has 1 aliphatic carbocycles. The third kappa shape index (κ3) is 2.40. The number of benzene rings is 1. The number of aryl methyl sites for hydroxylation is 2. The fraction of sp³-hybridized carbons (Fsp3) is 0.412. The lowest BCUT2D eigenvalue weighted by molar-refractivity contribution is 0.260. The Morgan fingerprint density at radius 3 is 2.55 bits per heavy atom. The Morgan fingerprint density at radius 2 is 1.90 bits per heavy atom. The van der Waals surface area contributed by atoms with Crippen LogP contribution < -0.4 is 5.32 Å². The van der Waals surface area contributed by atoms with E-state index in [9.17, 15) is 0 Å². The fourth-order valence-corrected chi connectivity index (χ4v) is 2.92. The van der Waals surface area contributed by atoms with Gasteiger partial charge in [-0.25, -0.2) is 4.98 Å². The summed E-state index contributed by atoms with van der Waals surface area (Å²) in [7, 11) is 0. The molecule has 0 radical (unpaired) electrons. The standard InChI is InChI=1S/C17H21N3/c1-13-11-18-14(2)16(20-13)19-12-17(9-6-10-17)15-7-4-3-5-8-15/h3-5,7-8,11H,6,9-10,12H2,1-2H3,(H,19,20). The number of rotatable bonds is 4. The fourth-order valence-electron chi connectivity index (χ4n) is 2.92. The van der Waals surface area contributed by atoms with Crippen molar-refractivity contribution >= 4 is 5.82 Å².